The summed E-state index contributed by atoms with van der Waals surface area (Å²) in [6.45, 7) is 6.14. The number of aromatic nitrogens is 4. The van der Waals surface area contributed by atoms with E-state index in [9.17, 15) is 5.11 Å². The van der Waals surface area contributed by atoms with Gasteiger partial charge in [-0.25, -0.2) is 9.37 Å². The highest BCUT2D eigenvalue weighted by Gasteiger charge is 2.21. The third-order valence-electron chi connectivity index (χ3n) is 5.85. The molecule has 0 amide bonds. The number of phenolic OH excluding ortho intramolecular Hbond substituents is 1. The van der Waals surface area contributed by atoms with Crippen molar-refractivity contribution in [2.45, 2.75) is 39.3 Å². The molecule has 0 saturated carbocycles. The van der Waals surface area contributed by atoms with E-state index in [1.54, 1.807) is 24.3 Å². The minimum atomic E-state index is -0.399. The normalized spacial score (nSPS) is 19.0. The number of benzene rings is 2. The summed E-state index contributed by atoms with van der Waals surface area (Å²) in [6, 6.07) is 9.20. The minimum Gasteiger partial charge on any atom is -0.508 e. The van der Waals surface area contributed by atoms with E-state index in [0.29, 0.717) is 34.6 Å². The fraction of sp³-hybridized carbons (Fsp3) is 0.250. The van der Waals surface area contributed by atoms with Crippen LogP contribution in [0.4, 0.5) is 4.39 Å². The molecule has 5 rings (SSSR count). The van der Waals surface area contributed by atoms with E-state index >= 15 is 4.39 Å². The summed E-state index contributed by atoms with van der Waals surface area (Å²) in [5, 5.41) is 21.0. The Bertz CT molecular complexity index is 1320. The third kappa shape index (κ3) is 3.41. The molecule has 7 heteroatoms. The lowest BCUT2D eigenvalue weighted by Crippen LogP contribution is -2.36. The van der Waals surface area contributed by atoms with Crippen molar-refractivity contribution < 1.29 is 9.50 Å². The number of nitrogens with one attached hydrogen (secondary N) is 3. The highest BCUT2D eigenvalue weighted by Crippen LogP contribution is 2.35. The average molecular weight is 417 g/mol. The second-order valence-corrected chi connectivity index (χ2v) is 8.32. The van der Waals surface area contributed by atoms with Crippen molar-refractivity contribution in [3.8, 4) is 28.4 Å². The molecular formula is C24H24FN5O. The van der Waals surface area contributed by atoms with Crippen LogP contribution in [-0.2, 0) is 0 Å². The summed E-state index contributed by atoms with van der Waals surface area (Å²) < 4.78 is 15.4. The molecule has 31 heavy (non-hydrogen) atoms. The fourth-order valence-corrected chi connectivity index (χ4v) is 4.45. The van der Waals surface area contributed by atoms with Gasteiger partial charge in [-0.05, 0) is 62.1 Å². The molecule has 0 bridgehead atoms. The first-order chi connectivity index (χ1) is 14.9. The van der Waals surface area contributed by atoms with E-state index in [-0.39, 0.29) is 11.3 Å². The summed E-state index contributed by atoms with van der Waals surface area (Å²) in [5.74, 6) is 0.389. The quantitative estimate of drug-likeness (QED) is 0.381. The molecule has 0 fully saturated rings. The smallest absolute Gasteiger partial charge is 0.159 e. The van der Waals surface area contributed by atoms with Gasteiger partial charge in [0, 0.05) is 23.0 Å². The Morgan fingerprint density at radius 2 is 1.94 bits per heavy atom. The Morgan fingerprint density at radius 1 is 1.13 bits per heavy atom. The van der Waals surface area contributed by atoms with Crippen LogP contribution in [0.2, 0.25) is 0 Å². The van der Waals surface area contributed by atoms with E-state index < -0.39 is 5.82 Å². The Hall–Kier alpha value is -3.45. The molecule has 2 atom stereocenters. The molecule has 6 nitrogen and oxygen atoms in total. The molecule has 1 aliphatic rings. The van der Waals surface area contributed by atoms with E-state index in [2.05, 4.69) is 45.4 Å². The topological polar surface area (TPSA) is 89.6 Å². The van der Waals surface area contributed by atoms with Gasteiger partial charge in [-0.3, -0.25) is 5.10 Å². The molecule has 0 saturated heterocycles. The molecule has 0 spiro atoms. The van der Waals surface area contributed by atoms with Gasteiger partial charge < -0.3 is 15.4 Å². The molecule has 1 aliphatic heterocycles. The second kappa shape index (κ2) is 7.35. The zero-order valence-corrected chi connectivity index (χ0v) is 17.6. The SMILES string of the molecule is Cc1cc(O)ccc1-c1ccc2c(-c3ncc(C4=C[C@@H](C)N[C@H](C)C4)[nH]3)[nH]nc2c1F. The molecule has 2 aromatic heterocycles. The lowest BCUT2D eigenvalue weighted by Gasteiger charge is -2.25. The molecule has 3 heterocycles. The van der Waals surface area contributed by atoms with Crippen LogP contribution in [0.15, 0.2) is 42.6 Å². The zero-order valence-electron chi connectivity index (χ0n) is 17.6. The van der Waals surface area contributed by atoms with Gasteiger partial charge in [0.2, 0.25) is 0 Å². The van der Waals surface area contributed by atoms with Gasteiger partial charge in [0.05, 0.1) is 11.9 Å². The summed E-state index contributed by atoms with van der Waals surface area (Å²) in [7, 11) is 0. The van der Waals surface area contributed by atoms with Crippen LogP contribution in [-0.4, -0.2) is 37.4 Å². The number of hydrogen-bond acceptors (Lipinski definition) is 4. The number of imidazole rings is 1. The van der Waals surface area contributed by atoms with Gasteiger partial charge in [0.25, 0.3) is 0 Å². The van der Waals surface area contributed by atoms with Crippen molar-refractivity contribution in [3.63, 3.8) is 0 Å². The third-order valence-corrected chi connectivity index (χ3v) is 5.85. The summed E-state index contributed by atoms with van der Waals surface area (Å²) >= 11 is 0. The lowest BCUT2D eigenvalue weighted by molar-refractivity contribution is 0.475. The van der Waals surface area contributed by atoms with Crippen LogP contribution in [0.5, 0.6) is 5.75 Å². The van der Waals surface area contributed by atoms with Crippen molar-refractivity contribution >= 4 is 16.5 Å². The number of halogens is 1. The Morgan fingerprint density at radius 3 is 2.71 bits per heavy atom. The predicted molar refractivity (Wildman–Crippen MR) is 120 cm³/mol. The van der Waals surface area contributed by atoms with Crippen LogP contribution in [0.25, 0.3) is 39.1 Å². The standard InChI is InChI=1S/C24H24FN5O/c1-12-8-16(31)4-5-17(12)18-6-7-19-22(21(18)25)29-30-23(19)24-26-11-20(28-24)15-9-13(2)27-14(3)10-15/h4-9,11,13-14,27,31H,10H2,1-3H3,(H,26,28)(H,29,30)/t13-,14-/m1/s1. The minimum absolute atomic E-state index is 0.158. The van der Waals surface area contributed by atoms with Gasteiger partial charge in [-0.2, -0.15) is 5.10 Å². The Labute approximate surface area is 179 Å². The van der Waals surface area contributed by atoms with E-state index in [4.69, 9.17) is 0 Å². The van der Waals surface area contributed by atoms with E-state index in [1.165, 1.54) is 5.57 Å². The Balaban J connectivity index is 1.54. The maximum Gasteiger partial charge on any atom is 0.159 e. The predicted octanol–water partition coefficient (Wildman–Crippen LogP) is 4.93. The first-order valence-corrected chi connectivity index (χ1v) is 10.4. The van der Waals surface area contributed by atoms with Gasteiger partial charge in [-0.15, -0.1) is 0 Å². The van der Waals surface area contributed by atoms with E-state index in [0.717, 1.165) is 23.2 Å². The summed E-state index contributed by atoms with van der Waals surface area (Å²) in [5.41, 5.74) is 5.08. The zero-order chi connectivity index (χ0) is 21.7. The van der Waals surface area contributed by atoms with Crippen LogP contribution in [0.3, 0.4) is 0 Å². The molecule has 2 aromatic carbocycles. The molecule has 0 aliphatic carbocycles. The van der Waals surface area contributed by atoms with Gasteiger partial charge in [0.15, 0.2) is 11.6 Å². The second-order valence-electron chi connectivity index (χ2n) is 8.32. The van der Waals surface area contributed by atoms with Gasteiger partial charge in [0.1, 0.15) is 17.0 Å². The van der Waals surface area contributed by atoms with Crippen molar-refractivity contribution in [2.75, 3.05) is 0 Å². The number of fused-ring (bicyclic) bond motifs is 1. The molecule has 4 N–H and O–H groups in total. The van der Waals surface area contributed by atoms with Crippen molar-refractivity contribution in [1.82, 2.24) is 25.5 Å². The number of phenols is 1. The lowest BCUT2D eigenvalue weighted by atomic mass is 9.97. The molecule has 0 unspecified atom stereocenters. The maximum absolute atomic E-state index is 15.4. The number of aromatic hydroxyl groups is 1. The Kier molecular flexibility index (Phi) is 4.63. The van der Waals surface area contributed by atoms with Gasteiger partial charge in [-0.1, -0.05) is 18.2 Å². The first-order valence-electron chi connectivity index (χ1n) is 10.4. The first kappa shape index (κ1) is 19.5. The van der Waals surface area contributed by atoms with Gasteiger partial charge >= 0.3 is 0 Å². The molecule has 158 valence electrons. The summed E-state index contributed by atoms with van der Waals surface area (Å²) in [6.07, 6.45) is 4.94. The molecular weight excluding hydrogens is 393 g/mol. The number of nitrogens with zero attached hydrogens (tertiary/aromatic N) is 2. The van der Waals surface area contributed by atoms with Crippen molar-refractivity contribution in [3.05, 3.63) is 59.7 Å². The summed E-state index contributed by atoms with van der Waals surface area (Å²) in [4.78, 5) is 7.90. The van der Waals surface area contributed by atoms with E-state index in [1.807, 2.05) is 19.2 Å². The number of H-pyrrole nitrogens is 2. The van der Waals surface area contributed by atoms with Crippen LogP contribution >= 0.6 is 0 Å². The molecule has 4 aromatic rings. The van der Waals surface area contributed by atoms with Crippen LogP contribution in [0, 0.1) is 12.7 Å². The average Bonchev–Trinajstić information content (AvgIpc) is 3.35. The number of hydrogen-bond donors (Lipinski definition) is 4. The van der Waals surface area contributed by atoms with Crippen LogP contribution in [0.1, 0.15) is 31.5 Å². The maximum atomic E-state index is 15.4. The van der Waals surface area contributed by atoms with Crippen LogP contribution < -0.4 is 5.32 Å². The monoisotopic (exact) mass is 417 g/mol. The highest BCUT2D eigenvalue weighted by atomic mass is 19.1. The highest BCUT2D eigenvalue weighted by molar-refractivity contribution is 5.94. The fourth-order valence-electron chi connectivity index (χ4n) is 4.45. The van der Waals surface area contributed by atoms with Crippen molar-refractivity contribution in [1.29, 1.82) is 0 Å². The van der Waals surface area contributed by atoms with Crippen molar-refractivity contribution in [2.24, 2.45) is 0 Å². The number of aromatic amines is 2. The number of rotatable bonds is 3. The molecule has 0 radical (unpaired) electrons. The largest absolute Gasteiger partial charge is 0.508 e. The number of aryl methyl sites for hydroxylation is 1.